The van der Waals surface area contributed by atoms with Crippen LogP contribution < -0.4 is 15.5 Å². The van der Waals surface area contributed by atoms with Crippen molar-refractivity contribution in [3.05, 3.63) is 63.1 Å². The molecule has 4 rings (SSSR count). The predicted octanol–water partition coefficient (Wildman–Crippen LogP) is 3.03. The van der Waals surface area contributed by atoms with Gasteiger partial charge in [0.25, 0.3) is 0 Å². The van der Waals surface area contributed by atoms with Crippen LogP contribution in [-0.2, 0) is 6.42 Å². The van der Waals surface area contributed by atoms with Crippen molar-refractivity contribution in [3.8, 4) is 0 Å². The van der Waals surface area contributed by atoms with Crippen LogP contribution in [0, 0.1) is 0 Å². The average molecular weight is 341 g/mol. The molecule has 0 fully saturated rings. The molecule has 3 heteroatoms. The molecule has 0 N–H and O–H groups in total. The number of benzene rings is 2. The van der Waals surface area contributed by atoms with Gasteiger partial charge >= 0.3 is 0 Å². The number of fused-ring (bicyclic) bond motifs is 2. The second-order valence-corrected chi connectivity index (χ2v) is 6.50. The summed E-state index contributed by atoms with van der Waals surface area (Å²) < 4.78 is 1.14. The zero-order valence-corrected chi connectivity index (χ0v) is 13.4. The van der Waals surface area contributed by atoms with Gasteiger partial charge < -0.3 is 4.90 Å². The van der Waals surface area contributed by atoms with Crippen molar-refractivity contribution in [2.75, 3.05) is 11.4 Å². The Balaban J connectivity index is 1.77. The highest BCUT2D eigenvalue weighted by atomic mass is 79.9. The third-order valence-electron chi connectivity index (χ3n) is 4.36. The molecule has 1 atom stereocenters. The maximum atomic E-state index is 4.99. The molecular weight excluding hydrogens is 324 g/mol. The topological polar surface area (TPSA) is 15.6 Å². The van der Waals surface area contributed by atoms with Gasteiger partial charge in [0.15, 0.2) is 0 Å². The highest BCUT2D eigenvalue weighted by Gasteiger charge is 2.23. The Morgan fingerprint density at radius 2 is 2.00 bits per heavy atom. The van der Waals surface area contributed by atoms with E-state index in [4.69, 9.17) is 4.99 Å². The van der Waals surface area contributed by atoms with Crippen LogP contribution in [0.4, 0.5) is 5.69 Å². The maximum Gasteiger partial charge on any atom is 0.125 e. The summed E-state index contributed by atoms with van der Waals surface area (Å²) in [5.41, 5.74) is 2.82. The van der Waals surface area contributed by atoms with E-state index in [1.165, 1.54) is 29.3 Å². The fourth-order valence-corrected chi connectivity index (χ4v) is 3.86. The molecule has 0 aliphatic carbocycles. The van der Waals surface area contributed by atoms with Crippen molar-refractivity contribution in [1.82, 2.24) is 0 Å². The molecule has 2 aromatic carbocycles. The van der Waals surface area contributed by atoms with Gasteiger partial charge in [-0.25, -0.2) is 0 Å². The maximum absolute atomic E-state index is 4.99. The molecule has 1 unspecified atom stereocenters. The standard InChI is InChI=1S/C18H17BrN2/c19-15-7-3-8-16-14(15)10-11-18(20-16)21-12-4-6-13-5-1-2-9-17(13)21/h1-3,5,7-10,18H,4,6,11-12H2. The van der Waals surface area contributed by atoms with E-state index in [9.17, 15) is 0 Å². The van der Waals surface area contributed by atoms with E-state index in [-0.39, 0.29) is 6.17 Å². The van der Waals surface area contributed by atoms with E-state index in [2.05, 4.69) is 69.4 Å². The summed E-state index contributed by atoms with van der Waals surface area (Å²) in [5, 5.41) is 2.34. The van der Waals surface area contributed by atoms with Crippen molar-refractivity contribution in [3.63, 3.8) is 0 Å². The van der Waals surface area contributed by atoms with Crippen LogP contribution in [0.3, 0.4) is 0 Å². The van der Waals surface area contributed by atoms with Gasteiger partial charge in [-0.3, -0.25) is 4.99 Å². The number of rotatable bonds is 1. The monoisotopic (exact) mass is 340 g/mol. The first-order chi connectivity index (χ1) is 10.3. The molecule has 0 saturated carbocycles. The molecule has 0 aromatic heterocycles. The Labute approximate surface area is 132 Å². The lowest BCUT2D eigenvalue weighted by Gasteiger charge is -2.36. The number of hydrogen-bond acceptors (Lipinski definition) is 2. The van der Waals surface area contributed by atoms with Crippen molar-refractivity contribution in [2.45, 2.75) is 25.4 Å². The Bertz CT molecular complexity index is 797. The van der Waals surface area contributed by atoms with Gasteiger partial charge in [0.05, 0.1) is 5.36 Å². The van der Waals surface area contributed by atoms with E-state index >= 15 is 0 Å². The molecule has 2 aromatic rings. The second-order valence-electron chi connectivity index (χ2n) is 5.65. The highest BCUT2D eigenvalue weighted by Crippen LogP contribution is 2.29. The van der Waals surface area contributed by atoms with E-state index in [1.807, 2.05) is 0 Å². The lowest BCUT2D eigenvalue weighted by Crippen LogP contribution is -2.43. The summed E-state index contributed by atoms with van der Waals surface area (Å²) in [6.07, 6.45) is 5.92. The summed E-state index contributed by atoms with van der Waals surface area (Å²) >= 11 is 3.62. The molecule has 2 heterocycles. The minimum atomic E-state index is 0.230. The van der Waals surface area contributed by atoms with Crippen LogP contribution in [0.15, 0.2) is 51.9 Å². The molecule has 2 aliphatic rings. The number of hydrogen-bond donors (Lipinski definition) is 0. The molecule has 0 spiro atoms. The molecule has 0 amide bonds. The quantitative estimate of drug-likeness (QED) is 0.779. The smallest absolute Gasteiger partial charge is 0.125 e. The van der Waals surface area contributed by atoms with Crippen LogP contribution in [0.5, 0.6) is 0 Å². The average Bonchev–Trinajstić information content (AvgIpc) is 2.54. The molecule has 0 bridgehead atoms. The van der Waals surface area contributed by atoms with Gasteiger partial charge in [0.1, 0.15) is 6.17 Å². The number of para-hydroxylation sites is 1. The fraction of sp³-hybridized carbons (Fsp3) is 0.278. The summed E-state index contributed by atoms with van der Waals surface area (Å²) in [6.45, 7) is 1.10. The van der Waals surface area contributed by atoms with Crippen LogP contribution in [0.2, 0.25) is 0 Å². The first-order valence-corrected chi connectivity index (χ1v) is 8.29. The lowest BCUT2D eigenvalue weighted by molar-refractivity contribution is 0.573. The van der Waals surface area contributed by atoms with Gasteiger partial charge in [-0.2, -0.15) is 0 Å². The number of anilines is 1. The molecule has 2 aliphatic heterocycles. The van der Waals surface area contributed by atoms with Gasteiger partial charge in [0.2, 0.25) is 0 Å². The van der Waals surface area contributed by atoms with E-state index in [1.54, 1.807) is 0 Å². The van der Waals surface area contributed by atoms with Crippen molar-refractivity contribution in [2.24, 2.45) is 4.99 Å². The number of nitrogens with zero attached hydrogens (tertiary/aromatic N) is 2. The van der Waals surface area contributed by atoms with Crippen LogP contribution in [-0.4, -0.2) is 12.7 Å². The van der Waals surface area contributed by atoms with E-state index in [0.29, 0.717) is 0 Å². The Kier molecular flexibility index (Phi) is 3.30. The van der Waals surface area contributed by atoms with Crippen molar-refractivity contribution < 1.29 is 0 Å². The molecule has 2 nitrogen and oxygen atoms in total. The van der Waals surface area contributed by atoms with Crippen LogP contribution in [0.1, 0.15) is 18.4 Å². The zero-order chi connectivity index (χ0) is 14.2. The van der Waals surface area contributed by atoms with Crippen LogP contribution in [0.25, 0.3) is 6.08 Å². The molecule has 106 valence electrons. The predicted molar refractivity (Wildman–Crippen MR) is 89.9 cm³/mol. The first-order valence-electron chi connectivity index (χ1n) is 7.50. The third-order valence-corrected chi connectivity index (χ3v) is 5.05. The van der Waals surface area contributed by atoms with Gasteiger partial charge in [-0.1, -0.05) is 46.3 Å². The second kappa shape index (κ2) is 5.30. The summed E-state index contributed by atoms with van der Waals surface area (Å²) in [7, 11) is 0. The van der Waals surface area contributed by atoms with Crippen molar-refractivity contribution in [1.29, 1.82) is 0 Å². The largest absolute Gasteiger partial charge is 0.349 e. The van der Waals surface area contributed by atoms with Crippen LogP contribution >= 0.6 is 15.9 Å². The minimum absolute atomic E-state index is 0.230. The van der Waals surface area contributed by atoms with Gasteiger partial charge in [-0.15, -0.1) is 0 Å². The van der Waals surface area contributed by atoms with Gasteiger partial charge in [-0.05, 0) is 36.6 Å². The minimum Gasteiger partial charge on any atom is -0.349 e. The Hall–Kier alpha value is -1.61. The van der Waals surface area contributed by atoms with E-state index in [0.717, 1.165) is 22.8 Å². The fourth-order valence-electron chi connectivity index (χ4n) is 3.35. The summed E-state index contributed by atoms with van der Waals surface area (Å²) in [4.78, 5) is 7.46. The molecule has 21 heavy (non-hydrogen) atoms. The summed E-state index contributed by atoms with van der Waals surface area (Å²) in [5.74, 6) is 0. The van der Waals surface area contributed by atoms with Gasteiger partial charge in [0, 0.05) is 28.3 Å². The number of aryl methyl sites for hydroxylation is 1. The molecule has 0 saturated heterocycles. The molecular formula is C18H17BrN2. The zero-order valence-electron chi connectivity index (χ0n) is 11.8. The third kappa shape index (κ3) is 2.30. The molecule has 0 radical (unpaired) electrons. The SMILES string of the molecule is Brc1cccc2c1=CCC(N1CCCc3ccccc31)N=2. The Morgan fingerprint density at radius 3 is 2.95 bits per heavy atom. The lowest BCUT2D eigenvalue weighted by atomic mass is 10.0. The Morgan fingerprint density at radius 1 is 1.10 bits per heavy atom. The van der Waals surface area contributed by atoms with E-state index < -0.39 is 0 Å². The highest BCUT2D eigenvalue weighted by molar-refractivity contribution is 9.10. The first kappa shape index (κ1) is 13.1. The summed E-state index contributed by atoms with van der Waals surface area (Å²) in [6, 6.07) is 15.0. The normalized spacial score (nSPS) is 20.0. The van der Waals surface area contributed by atoms with Crippen molar-refractivity contribution >= 4 is 27.7 Å². The number of halogens is 1.